The van der Waals surface area contributed by atoms with Gasteiger partial charge in [0.25, 0.3) is 5.91 Å². The molecule has 1 aliphatic rings. The molecule has 2 aromatic carbocycles. The van der Waals surface area contributed by atoms with Crippen LogP contribution in [0.1, 0.15) is 19.8 Å². The van der Waals surface area contributed by atoms with Crippen molar-refractivity contribution < 1.29 is 22.7 Å². The van der Waals surface area contributed by atoms with Crippen molar-refractivity contribution >= 4 is 32.7 Å². The van der Waals surface area contributed by atoms with E-state index < -0.39 is 29.1 Å². The lowest BCUT2D eigenvalue weighted by atomic mass is 10.1. The van der Waals surface area contributed by atoms with Crippen molar-refractivity contribution in [3.8, 4) is 0 Å². The van der Waals surface area contributed by atoms with Crippen molar-refractivity contribution in [1.82, 2.24) is 9.62 Å². The molecule has 7 nitrogen and oxygen atoms in total. The molecule has 1 atom stereocenters. The molecule has 0 radical (unpaired) electrons. The minimum absolute atomic E-state index is 0.0576. The van der Waals surface area contributed by atoms with Crippen molar-refractivity contribution in [1.29, 1.82) is 0 Å². The smallest absolute Gasteiger partial charge is 0.321 e. The topological polar surface area (TPSA) is 92.8 Å². The predicted molar refractivity (Wildman–Crippen MR) is 105 cm³/mol. The Labute approximate surface area is 164 Å². The zero-order valence-electron chi connectivity index (χ0n) is 15.9. The van der Waals surface area contributed by atoms with Crippen molar-refractivity contribution in [3.05, 3.63) is 42.5 Å². The molecular formula is C20H24N2O5S. The van der Waals surface area contributed by atoms with Gasteiger partial charge in [0.05, 0.1) is 4.90 Å². The van der Waals surface area contributed by atoms with Crippen LogP contribution < -0.4 is 5.32 Å². The van der Waals surface area contributed by atoms with Crippen molar-refractivity contribution in [2.75, 3.05) is 20.2 Å². The van der Waals surface area contributed by atoms with E-state index in [4.69, 9.17) is 4.74 Å². The molecule has 2 aromatic rings. The minimum Gasteiger partial charge on any atom is -0.455 e. The number of amides is 1. The van der Waals surface area contributed by atoms with Gasteiger partial charge >= 0.3 is 5.97 Å². The summed E-state index contributed by atoms with van der Waals surface area (Å²) in [5, 5.41) is 4.49. The third-order valence-corrected chi connectivity index (χ3v) is 6.66. The number of carbonyl (C=O) groups excluding carboxylic acids is 2. The van der Waals surface area contributed by atoms with Crippen LogP contribution >= 0.6 is 0 Å². The molecule has 0 unspecified atom stereocenters. The van der Waals surface area contributed by atoms with E-state index in [1.54, 1.807) is 12.1 Å². The lowest BCUT2D eigenvalue weighted by Crippen LogP contribution is -2.38. The van der Waals surface area contributed by atoms with Gasteiger partial charge in [-0.3, -0.25) is 9.59 Å². The first kappa shape index (κ1) is 20.3. The molecule has 8 heteroatoms. The SMILES string of the molecule is C[C@H](NC(=O)COC(=O)CN(C)S(=O)(=O)c1ccc2ccccc2c1)C1CC1. The Balaban J connectivity index is 1.56. The van der Waals surface area contributed by atoms with E-state index in [1.807, 2.05) is 31.2 Å². The Kier molecular flexibility index (Phi) is 6.00. The zero-order chi connectivity index (χ0) is 20.3. The van der Waals surface area contributed by atoms with Crippen LogP contribution in [0.15, 0.2) is 47.4 Å². The highest BCUT2D eigenvalue weighted by Gasteiger charge is 2.29. The van der Waals surface area contributed by atoms with Crippen LogP contribution in [0.3, 0.4) is 0 Å². The Hall–Kier alpha value is -2.45. The number of esters is 1. The largest absolute Gasteiger partial charge is 0.455 e. The molecule has 0 aliphatic heterocycles. The van der Waals surface area contributed by atoms with Gasteiger partial charge in [-0.15, -0.1) is 0 Å². The summed E-state index contributed by atoms with van der Waals surface area (Å²) in [6.45, 7) is 1.03. The van der Waals surface area contributed by atoms with Gasteiger partial charge in [-0.1, -0.05) is 30.3 Å². The highest BCUT2D eigenvalue weighted by atomic mass is 32.2. The van der Waals surface area contributed by atoms with E-state index >= 15 is 0 Å². The first-order valence-electron chi connectivity index (χ1n) is 9.17. The molecule has 0 saturated heterocycles. The number of fused-ring (bicyclic) bond motifs is 1. The van der Waals surface area contributed by atoms with E-state index in [0.29, 0.717) is 5.92 Å². The van der Waals surface area contributed by atoms with Crippen LogP contribution in [0.4, 0.5) is 0 Å². The van der Waals surface area contributed by atoms with Gasteiger partial charge in [-0.05, 0) is 48.6 Å². The van der Waals surface area contributed by atoms with Crippen molar-refractivity contribution in [3.63, 3.8) is 0 Å². The fourth-order valence-electron chi connectivity index (χ4n) is 2.98. The quantitative estimate of drug-likeness (QED) is 0.679. The summed E-state index contributed by atoms with van der Waals surface area (Å²) < 4.78 is 31.3. The molecule has 0 bridgehead atoms. The number of sulfonamides is 1. The molecule has 28 heavy (non-hydrogen) atoms. The standard InChI is InChI=1S/C20H24N2O5S/c1-14(15-7-8-15)21-19(23)13-27-20(24)12-22(2)28(25,26)18-10-9-16-5-3-4-6-17(16)11-18/h3-6,9-11,14-15H,7-8,12-13H2,1-2H3,(H,21,23)/t14-/m0/s1. The molecule has 1 fully saturated rings. The van der Waals surface area contributed by atoms with Crippen LogP contribution in [0.2, 0.25) is 0 Å². The lowest BCUT2D eigenvalue weighted by molar-refractivity contribution is -0.148. The number of benzene rings is 2. The number of carbonyl (C=O) groups is 2. The summed E-state index contributed by atoms with van der Waals surface area (Å²) in [7, 11) is -2.55. The van der Waals surface area contributed by atoms with E-state index in [-0.39, 0.29) is 16.8 Å². The molecule has 3 rings (SSSR count). The number of nitrogens with zero attached hydrogens (tertiary/aromatic N) is 1. The van der Waals surface area contributed by atoms with Crippen LogP contribution in [0.25, 0.3) is 10.8 Å². The predicted octanol–water partition coefficient (Wildman–Crippen LogP) is 1.92. The highest BCUT2D eigenvalue weighted by molar-refractivity contribution is 7.89. The van der Waals surface area contributed by atoms with Crippen LogP contribution in [0, 0.1) is 5.92 Å². The molecule has 1 aliphatic carbocycles. The molecule has 0 aromatic heterocycles. The number of ether oxygens (including phenoxy) is 1. The van der Waals surface area contributed by atoms with E-state index in [1.165, 1.54) is 13.1 Å². The Morgan fingerprint density at radius 2 is 1.86 bits per heavy atom. The fourth-order valence-corrected chi connectivity index (χ4v) is 4.13. The Morgan fingerprint density at radius 3 is 2.54 bits per heavy atom. The number of hydrogen-bond donors (Lipinski definition) is 1. The maximum Gasteiger partial charge on any atom is 0.321 e. The second-order valence-electron chi connectivity index (χ2n) is 7.12. The number of nitrogens with one attached hydrogen (secondary N) is 1. The molecule has 1 saturated carbocycles. The maximum atomic E-state index is 12.7. The second-order valence-corrected chi connectivity index (χ2v) is 9.17. The van der Waals surface area contributed by atoms with Gasteiger partial charge in [0.2, 0.25) is 10.0 Å². The fraction of sp³-hybridized carbons (Fsp3) is 0.400. The summed E-state index contributed by atoms with van der Waals surface area (Å²) in [5.41, 5.74) is 0. The first-order chi connectivity index (χ1) is 13.3. The number of hydrogen-bond acceptors (Lipinski definition) is 5. The summed E-state index contributed by atoms with van der Waals surface area (Å²) in [4.78, 5) is 23.9. The Morgan fingerprint density at radius 1 is 1.18 bits per heavy atom. The van der Waals surface area contributed by atoms with Crippen molar-refractivity contribution in [2.45, 2.75) is 30.7 Å². The average molecular weight is 404 g/mol. The van der Waals surface area contributed by atoms with Crippen LogP contribution in [-0.2, 0) is 24.3 Å². The third-order valence-electron chi connectivity index (χ3n) is 4.86. The van der Waals surface area contributed by atoms with Gasteiger partial charge in [-0.25, -0.2) is 8.42 Å². The lowest BCUT2D eigenvalue weighted by Gasteiger charge is -2.17. The third kappa shape index (κ3) is 4.88. The van der Waals surface area contributed by atoms with Crippen molar-refractivity contribution in [2.24, 2.45) is 5.92 Å². The average Bonchev–Trinajstić information content (AvgIpc) is 3.51. The normalized spacial score (nSPS) is 15.4. The minimum atomic E-state index is -3.85. The molecule has 1 N–H and O–H groups in total. The Bertz CT molecular complexity index is 985. The summed E-state index contributed by atoms with van der Waals surface area (Å²) >= 11 is 0. The van der Waals surface area contributed by atoms with Crippen LogP contribution in [0.5, 0.6) is 0 Å². The summed E-state index contributed by atoms with van der Waals surface area (Å²) in [6, 6.07) is 12.3. The van der Waals surface area contributed by atoms with E-state index in [9.17, 15) is 18.0 Å². The van der Waals surface area contributed by atoms with E-state index in [0.717, 1.165) is 27.9 Å². The number of rotatable bonds is 8. The maximum absolute atomic E-state index is 12.7. The number of likely N-dealkylation sites (N-methyl/N-ethyl adjacent to an activating group) is 1. The zero-order valence-corrected chi connectivity index (χ0v) is 16.7. The second kappa shape index (κ2) is 8.28. The summed E-state index contributed by atoms with van der Waals surface area (Å²) in [6.07, 6.45) is 2.19. The summed E-state index contributed by atoms with van der Waals surface area (Å²) in [5.74, 6) is -0.660. The molecular weight excluding hydrogens is 380 g/mol. The highest BCUT2D eigenvalue weighted by Crippen LogP contribution is 2.32. The van der Waals surface area contributed by atoms with Gasteiger partial charge in [0, 0.05) is 13.1 Å². The van der Waals surface area contributed by atoms with Crippen LogP contribution in [-0.4, -0.2) is 50.8 Å². The first-order valence-corrected chi connectivity index (χ1v) is 10.6. The molecule has 0 heterocycles. The van der Waals surface area contributed by atoms with Gasteiger partial charge < -0.3 is 10.1 Å². The molecule has 150 valence electrons. The van der Waals surface area contributed by atoms with E-state index in [2.05, 4.69) is 5.32 Å². The molecule has 0 spiro atoms. The van der Waals surface area contributed by atoms with Gasteiger partial charge in [-0.2, -0.15) is 4.31 Å². The molecule has 1 amide bonds. The van der Waals surface area contributed by atoms with Gasteiger partial charge in [0.15, 0.2) is 6.61 Å². The van der Waals surface area contributed by atoms with Gasteiger partial charge in [0.1, 0.15) is 6.54 Å². The monoisotopic (exact) mass is 404 g/mol.